The molecule has 1 aromatic heterocycles. The van der Waals surface area contributed by atoms with Crippen LogP contribution >= 0.6 is 0 Å². The molecule has 11 heavy (non-hydrogen) atoms. The van der Waals surface area contributed by atoms with Gasteiger partial charge in [0.25, 0.3) is 0 Å². The summed E-state index contributed by atoms with van der Waals surface area (Å²) >= 11 is 0. The standard InChI is InChI=1S/C6H4FNO3/c7-4(6(9)10)3-5-8-1-2-11-5/h1-3H,(H,9,10)/b4-3-. The third-order valence-electron chi connectivity index (χ3n) is 0.906. The van der Waals surface area contributed by atoms with E-state index in [-0.39, 0.29) is 5.89 Å². The molecule has 0 spiro atoms. The third-order valence-corrected chi connectivity index (χ3v) is 0.906. The highest BCUT2D eigenvalue weighted by atomic mass is 19.1. The van der Waals surface area contributed by atoms with Crippen molar-refractivity contribution in [2.75, 3.05) is 0 Å². The van der Waals surface area contributed by atoms with Crippen molar-refractivity contribution in [3.63, 3.8) is 0 Å². The largest absolute Gasteiger partial charge is 0.476 e. The Morgan fingerprint density at radius 1 is 1.82 bits per heavy atom. The lowest BCUT2D eigenvalue weighted by molar-refractivity contribution is -0.134. The van der Waals surface area contributed by atoms with E-state index in [2.05, 4.69) is 9.40 Å². The van der Waals surface area contributed by atoms with Crippen molar-refractivity contribution in [3.05, 3.63) is 24.2 Å². The van der Waals surface area contributed by atoms with E-state index in [1.165, 1.54) is 12.5 Å². The number of aromatic nitrogens is 1. The minimum Gasteiger partial charge on any atom is -0.476 e. The van der Waals surface area contributed by atoms with Crippen molar-refractivity contribution in [1.29, 1.82) is 0 Å². The molecule has 0 aliphatic heterocycles. The highest BCUT2D eigenvalue weighted by Crippen LogP contribution is 2.04. The molecular weight excluding hydrogens is 153 g/mol. The minimum absolute atomic E-state index is 0.0649. The first-order valence-electron chi connectivity index (χ1n) is 2.70. The number of carboxylic acids is 1. The Hall–Kier alpha value is -1.65. The smallest absolute Gasteiger partial charge is 0.364 e. The van der Waals surface area contributed by atoms with Crippen LogP contribution in [0, 0.1) is 0 Å². The number of nitrogens with zero attached hydrogens (tertiary/aromatic N) is 1. The van der Waals surface area contributed by atoms with E-state index < -0.39 is 11.8 Å². The predicted molar refractivity (Wildman–Crippen MR) is 33.2 cm³/mol. The van der Waals surface area contributed by atoms with Crippen molar-refractivity contribution < 1.29 is 18.7 Å². The lowest BCUT2D eigenvalue weighted by atomic mass is 10.5. The second kappa shape index (κ2) is 2.96. The van der Waals surface area contributed by atoms with Crippen molar-refractivity contribution in [3.8, 4) is 0 Å². The monoisotopic (exact) mass is 157 g/mol. The van der Waals surface area contributed by atoms with Gasteiger partial charge in [0.1, 0.15) is 6.26 Å². The maximum Gasteiger partial charge on any atom is 0.364 e. The Balaban J connectivity index is 2.82. The summed E-state index contributed by atoms with van der Waals surface area (Å²) in [4.78, 5) is 13.4. The fourth-order valence-electron chi connectivity index (χ4n) is 0.476. The summed E-state index contributed by atoms with van der Waals surface area (Å²) in [7, 11) is 0. The van der Waals surface area contributed by atoms with Crippen LogP contribution in [0.25, 0.3) is 6.08 Å². The van der Waals surface area contributed by atoms with Crippen LogP contribution in [0.3, 0.4) is 0 Å². The molecule has 0 bridgehead atoms. The van der Waals surface area contributed by atoms with Gasteiger partial charge in [-0.25, -0.2) is 9.78 Å². The summed E-state index contributed by atoms with van der Waals surface area (Å²) < 4.78 is 16.8. The lowest BCUT2D eigenvalue weighted by Gasteiger charge is -1.84. The molecule has 0 unspecified atom stereocenters. The summed E-state index contributed by atoms with van der Waals surface area (Å²) in [6.07, 6.45) is 3.21. The van der Waals surface area contributed by atoms with Gasteiger partial charge in [-0.3, -0.25) is 0 Å². The van der Waals surface area contributed by atoms with Crippen molar-refractivity contribution in [2.45, 2.75) is 0 Å². The SMILES string of the molecule is O=C(O)/C(F)=C/c1ncco1. The van der Waals surface area contributed by atoms with Crippen LogP contribution in [0.1, 0.15) is 5.89 Å². The first-order valence-corrected chi connectivity index (χ1v) is 2.70. The zero-order chi connectivity index (χ0) is 8.27. The Kier molecular flexibility index (Phi) is 2.00. The van der Waals surface area contributed by atoms with Gasteiger partial charge in [0.05, 0.1) is 6.20 Å². The lowest BCUT2D eigenvalue weighted by Crippen LogP contribution is -1.93. The zero-order valence-corrected chi connectivity index (χ0v) is 5.32. The summed E-state index contributed by atoms with van der Waals surface area (Å²) in [5.74, 6) is -3.00. The molecule has 0 atom stereocenters. The number of aliphatic carboxylic acids is 1. The number of carboxylic acid groups (broad SMARTS) is 1. The van der Waals surface area contributed by atoms with Crippen LogP contribution in [0.4, 0.5) is 4.39 Å². The molecule has 4 nitrogen and oxygen atoms in total. The maximum absolute atomic E-state index is 12.3. The Bertz CT molecular complexity index is 278. The molecule has 5 heteroatoms. The first-order chi connectivity index (χ1) is 5.20. The number of rotatable bonds is 2. The van der Waals surface area contributed by atoms with Crippen LogP contribution < -0.4 is 0 Å². The summed E-state index contributed by atoms with van der Waals surface area (Å²) in [5, 5.41) is 8.07. The van der Waals surface area contributed by atoms with Crippen LogP contribution in [-0.2, 0) is 4.79 Å². The van der Waals surface area contributed by atoms with Gasteiger partial charge in [-0.2, -0.15) is 4.39 Å². The van der Waals surface area contributed by atoms with E-state index in [0.29, 0.717) is 6.08 Å². The number of halogens is 1. The zero-order valence-electron chi connectivity index (χ0n) is 5.32. The van der Waals surface area contributed by atoms with E-state index in [9.17, 15) is 9.18 Å². The summed E-state index contributed by atoms with van der Waals surface area (Å²) in [6, 6.07) is 0. The molecule has 0 saturated heterocycles. The molecule has 0 aliphatic rings. The fourth-order valence-corrected chi connectivity index (χ4v) is 0.476. The van der Waals surface area contributed by atoms with E-state index in [1.54, 1.807) is 0 Å². The van der Waals surface area contributed by atoms with Crippen LogP contribution in [0.5, 0.6) is 0 Å². The second-order valence-electron chi connectivity index (χ2n) is 1.67. The summed E-state index contributed by atoms with van der Waals surface area (Å²) in [6.45, 7) is 0. The number of carbonyl (C=O) groups is 1. The van der Waals surface area contributed by atoms with Crippen molar-refractivity contribution in [1.82, 2.24) is 4.98 Å². The number of hydrogen-bond donors (Lipinski definition) is 1. The molecule has 0 fully saturated rings. The van der Waals surface area contributed by atoms with E-state index in [4.69, 9.17) is 5.11 Å². The average Bonchev–Trinajstić information content (AvgIpc) is 2.39. The maximum atomic E-state index is 12.3. The average molecular weight is 157 g/mol. The summed E-state index contributed by atoms with van der Waals surface area (Å²) in [5.41, 5.74) is 0. The van der Waals surface area contributed by atoms with E-state index >= 15 is 0 Å². The predicted octanol–water partition coefficient (Wildman–Crippen LogP) is 1.07. The van der Waals surface area contributed by atoms with Gasteiger partial charge >= 0.3 is 5.97 Å². The second-order valence-corrected chi connectivity index (χ2v) is 1.67. The molecule has 0 radical (unpaired) electrons. The third kappa shape index (κ3) is 1.89. The molecule has 0 saturated carbocycles. The van der Waals surface area contributed by atoms with Gasteiger partial charge in [-0.1, -0.05) is 0 Å². The number of oxazole rings is 1. The van der Waals surface area contributed by atoms with Gasteiger partial charge in [0, 0.05) is 6.08 Å². The molecule has 58 valence electrons. The molecule has 0 amide bonds. The normalized spacial score (nSPS) is 11.5. The Labute approximate surface area is 61.0 Å². The van der Waals surface area contributed by atoms with Crippen LogP contribution in [0.15, 0.2) is 22.7 Å². The van der Waals surface area contributed by atoms with Crippen molar-refractivity contribution in [2.24, 2.45) is 0 Å². The van der Waals surface area contributed by atoms with E-state index in [0.717, 1.165) is 0 Å². The Morgan fingerprint density at radius 3 is 3.00 bits per heavy atom. The first kappa shape index (κ1) is 7.46. The topological polar surface area (TPSA) is 63.3 Å². The van der Waals surface area contributed by atoms with Crippen LogP contribution in [0.2, 0.25) is 0 Å². The molecule has 1 rings (SSSR count). The fraction of sp³-hybridized carbons (Fsp3) is 0. The molecule has 0 aromatic carbocycles. The van der Waals surface area contributed by atoms with Gasteiger partial charge in [0.15, 0.2) is 0 Å². The van der Waals surface area contributed by atoms with Crippen molar-refractivity contribution >= 4 is 12.0 Å². The molecule has 0 aliphatic carbocycles. The van der Waals surface area contributed by atoms with Gasteiger partial charge in [-0.05, 0) is 0 Å². The van der Waals surface area contributed by atoms with Gasteiger partial charge in [-0.15, -0.1) is 0 Å². The Morgan fingerprint density at radius 2 is 2.55 bits per heavy atom. The highest BCUT2D eigenvalue weighted by molar-refractivity contribution is 5.88. The van der Waals surface area contributed by atoms with Gasteiger partial charge in [0.2, 0.25) is 11.7 Å². The molecular formula is C6H4FNO3. The molecule has 1 aromatic rings. The van der Waals surface area contributed by atoms with Crippen LogP contribution in [-0.4, -0.2) is 16.1 Å². The minimum atomic E-state index is -1.64. The quantitative estimate of drug-likeness (QED) is 0.652. The van der Waals surface area contributed by atoms with Gasteiger partial charge < -0.3 is 9.52 Å². The molecule has 1 heterocycles. The molecule has 1 N–H and O–H groups in total. The van der Waals surface area contributed by atoms with E-state index in [1.807, 2.05) is 0 Å². The highest BCUT2D eigenvalue weighted by Gasteiger charge is 2.06. The number of hydrogen-bond acceptors (Lipinski definition) is 3.